The van der Waals surface area contributed by atoms with E-state index in [0.29, 0.717) is 5.92 Å². The van der Waals surface area contributed by atoms with Gasteiger partial charge < -0.3 is 15.2 Å². The molecule has 6 nitrogen and oxygen atoms in total. The molecule has 0 saturated carbocycles. The van der Waals surface area contributed by atoms with E-state index in [4.69, 9.17) is 10.7 Å². The van der Waals surface area contributed by atoms with Gasteiger partial charge in [-0.1, -0.05) is 0 Å². The summed E-state index contributed by atoms with van der Waals surface area (Å²) in [4.78, 5) is 15.6. The van der Waals surface area contributed by atoms with Crippen LogP contribution >= 0.6 is 0 Å². The molecule has 0 aliphatic carbocycles. The number of fused-ring (bicyclic) bond motifs is 1. The molecule has 3 heterocycles. The van der Waals surface area contributed by atoms with Crippen molar-refractivity contribution in [3.8, 4) is 22.6 Å². The van der Waals surface area contributed by atoms with Gasteiger partial charge in [-0.15, -0.1) is 0 Å². The highest BCUT2D eigenvalue weighted by molar-refractivity contribution is 5.77. The van der Waals surface area contributed by atoms with Crippen LogP contribution in [0.3, 0.4) is 0 Å². The first-order chi connectivity index (χ1) is 13.0. The van der Waals surface area contributed by atoms with Crippen molar-refractivity contribution in [1.82, 2.24) is 24.4 Å². The summed E-state index contributed by atoms with van der Waals surface area (Å²) in [5.74, 6) is 1.58. The average molecular weight is 366 g/mol. The number of hydrogen-bond donors (Lipinski definition) is 1. The topological polar surface area (TPSA) is 72.9 Å². The van der Waals surface area contributed by atoms with Gasteiger partial charge in [-0.05, 0) is 56.8 Å². The minimum absolute atomic E-state index is 0.231. The summed E-state index contributed by atoms with van der Waals surface area (Å²) in [5, 5.41) is 0. The zero-order valence-corrected chi connectivity index (χ0v) is 15.6. The number of halogens is 1. The summed E-state index contributed by atoms with van der Waals surface area (Å²) in [6.45, 7) is 1.91. The van der Waals surface area contributed by atoms with E-state index in [0.717, 1.165) is 54.4 Å². The highest BCUT2D eigenvalue weighted by atomic mass is 19.1. The minimum Gasteiger partial charge on any atom is -0.368 e. The average Bonchev–Trinajstić information content (AvgIpc) is 3.00. The van der Waals surface area contributed by atoms with Crippen LogP contribution in [0.2, 0.25) is 0 Å². The van der Waals surface area contributed by atoms with E-state index in [1.807, 2.05) is 6.07 Å². The van der Waals surface area contributed by atoms with Gasteiger partial charge in [0, 0.05) is 31.3 Å². The number of nitrogens with two attached hydrogens (primary N) is 1. The molecular formula is C20H23FN6. The molecule has 4 rings (SSSR count). The Balaban J connectivity index is 1.83. The molecule has 0 bridgehead atoms. The maximum atomic E-state index is 13.4. The standard InChI is InChI=1S/C20H23FN6/c1-26(2)12-13-8-10-27-17(11-13)25-18(14-3-5-15(21)6-4-14)19(27)16-7-9-23-20(22)24-16/h3-7,9,13H,8,10-12H2,1-2H3,(H2,22,23,24). The molecule has 0 spiro atoms. The molecule has 1 aliphatic heterocycles. The third kappa shape index (κ3) is 3.55. The fraction of sp³-hybridized carbons (Fsp3) is 0.350. The van der Waals surface area contributed by atoms with Gasteiger partial charge in [-0.3, -0.25) is 0 Å². The van der Waals surface area contributed by atoms with Crippen LogP contribution in [0.1, 0.15) is 12.2 Å². The fourth-order valence-corrected chi connectivity index (χ4v) is 3.81. The van der Waals surface area contributed by atoms with Crippen LogP contribution in [-0.2, 0) is 13.0 Å². The lowest BCUT2D eigenvalue weighted by Crippen LogP contribution is -2.29. The SMILES string of the molecule is CN(C)CC1CCn2c(nc(-c3ccc(F)cc3)c2-c2ccnc(N)n2)C1. The van der Waals surface area contributed by atoms with Crippen molar-refractivity contribution < 1.29 is 4.39 Å². The number of benzene rings is 1. The van der Waals surface area contributed by atoms with Gasteiger partial charge in [0.2, 0.25) is 5.95 Å². The molecule has 0 saturated heterocycles. The lowest BCUT2D eigenvalue weighted by Gasteiger charge is -2.26. The van der Waals surface area contributed by atoms with Crippen LogP contribution in [-0.4, -0.2) is 45.1 Å². The van der Waals surface area contributed by atoms with Crippen molar-refractivity contribution in [3.63, 3.8) is 0 Å². The van der Waals surface area contributed by atoms with Gasteiger partial charge in [0.25, 0.3) is 0 Å². The van der Waals surface area contributed by atoms with Gasteiger partial charge >= 0.3 is 0 Å². The predicted octanol–water partition coefficient (Wildman–Crippen LogP) is 2.85. The molecule has 2 aromatic heterocycles. The molecule has 2 N–H and O–H groups in total. The molecule has 0 amide bonds. The molecule has 1 aromatic carbocycles. The largest absolute Gasteiger partial charge is 0.368 e. The van der Waals surface area contributed by atoms with Gasteiger partial charge in [0.05, 0.1) is 17.1 Å². The summed E-state index contributed by atoms with van der Waals surface area (Å²) in [6.07, 6.45) is 3.65. The van der Waals surface area contributed by atoms with Crippen molar-refractivity contribution in [2.45, 2.75) is 19.4 Å². The number of rotatable bonds is 4. The monoisotopic (exact) mass is 366 g/mol. The third-order valence-corrected chi connectivity index (χ3v) is 4.94. The first kappa shape index (κ1) is 17.6. The fourth-order valence-electron chi connectivity index (χ4n) is 3.81. The van der Waals surface area contributed by atoms with E-state index in [1.54, 1.807) is 18.3 Å². The van der Waals surface area contributed by atoms with Gasteiger partial charge in [0.1, 0.15) is 11.6 Å². The minimum atomic E-state index is -0.262. The van der Waals surface area contributed by atoms with Crippen molar-refractivity contribution in [2.75, 3.05) is 26.4 Å². The molecule has 1 atom stereocenters. The number of nitrogens with zero attached hydrogens (tertiary/aromatic N) is 5. The second kappa shape index (κ2) is 7.08. The number of imidazole rings is 1. The van der Waals surface area contributed by atoms with E-state index in [1.165, 1.54) is 12.1 Å². The van der Waals surface area contributed by atoms with E-state index in [9.17, 15) is 4.39 Å². The molecule has 140 valence electrons. The second-order valence-corrected chi connectivity index (χ2v) is 7.30. The molecule has 1 aliphatic rings. The maximum absolute atomic E-state index is 13.4. The summed E-state index contributed by atoms with van der Waals surface area (Å²) < 4.78 is 15.6. The van der Waals surface area contributed by atoms with Crippen LogP contribution in [0.4, 0.5) is 10.3 Å². The summed E-state index contributed by atoms with van der Waals surface area (Å²) in [7, 11) is 4.19. The molecule has 3 aromatic rings. The first-order valence-corrected chi connectivity index (χ1v) is 9.10. The predicted molar refractivity (Wildman–Crippen MR) is 103 cm³/mol. The van der Waals surface area contributed by atoms with Crippen molar-refractivity contribution in [3.05, 3.63) is 48.2 Å². The second-order valence-electron chi connectivity index (χ2n) is 7.30. The highest BCUT2D eigenvalue weighted by Crippen LogP contribution is 2.35. The van der Waals surface area contributed by atoms with Gasteiger partial charge in [0.15, 0.2) is 0 Å². The maximum Gasteiger partial charge on any atom is 0.220 e. The van der Waals surface area contributed by atoms with E-state index in [-0.39, 0.29) is 11.8 Å². The van der Waals surface area contributed by atoms with E-state index >= 15 is 0 Å². The summed E-state index contributed by atoms with van der Waals surface area (Å²) in [5.41, 5.74) is 9.17. The van der Waals surface area contributed by atoms with Gasteiger partial charge in [-0.2, -0.15) is 0 Å². The molecule has 0 radical (unpaired) electrons. The molecule has 7 heteroatoms. The normalized spacial score (nSPS) is 16.5. The molecule has 0 fully saturated rings. The number of hydrogen-bond acceptors (Lipinski definition) is 5. The van der Waals surface area contributed by atoms with Crippen molar-refractivity contribution in [2.24, 2.45) is 5.92 Å². The lowest BCUT2D eigenvalue weighted by molar-refractivity contribution is 0.278. The molecular weight excluding hydrogens is 343 g/mol. The Labute approximate surface area is 157 Å². The highest BCUT2D eigenvalue weighted by Gasteiger charge is 2.27. The zero-order valence-electron chi connectivity index (χ0n) is 15.6. The van der Waals surface area contributed by atoms with Crippen LogP contribution in [0.15, 0.2) is 36.5 Å². The summed E-state index contributed by atoms with van der Waals surface area (Å²) >= 11 is 0. The molecule has 27 heavy (non-hydrogen) atoms. The van der Waals surface area contributed by atoms with E-state index in [2.05, 4.69) is 33.5 Å². The van der Waals surface area contributed by atoms with Crippen LogP contribution in [0, 0.1) is 11.7 Å². The van der Waals surface area contributed by atoms with Crippen LogP contribution < -0.4 is 5.73 Å². The van der Waals surface area contributed by atoms with Crippen molar-refractivity contribution in [1.29, 1.82) is 0 Å². The first-order valence-electron chi connectivity index (χ1n) is 9.10. The smallest absolute Gasteiger partial charge is 0.220 e. The Bertz CT molecular complexity index is 948. The Kier molecular flexibility index (Phi) is 4.61. The Morgan fingerprint density at radius 1 is 1.19 bits per heavy atom. The Hall–Kier alpha value is -2.80. The third-order valence-electron chi connectivity index (χ3n) is 4.94. The quantitative estimate of drug-likeness (QED) is 0.769. The summed E-state index contributed by atoms with van der Waals surface area (Å²) in [6, 6.07) is 8.28. The number of anilines is 1. The number of aromatic nitrogens is 4. The van der Waals surface area contributed by atoms with Crippen LogP contribution in [0.25, 0.3) is 22.6 Å². The Morgan fingerprint density at radius 2 is 1.96 bits per heavy atom. The molecule has 1 unspecified atom stereocenters. The van der Waals surface area contributed by atoms with E-state index < -0.39 is 0 Å². The lowest BCUT2D eigenvalue weighted by atomic mass is 9.97. The number of nitrogen functional groups attached to an aromatic ring is 1. The zero-order chi connectivity index (χ0) is 19.0. The Morgan fingerprint density at radius 3 is 2.67 bits per heavy atom. The van der Waals surface area contributed by atoms with Crippen LogP contribution in [0.5, 0.6) is 0 Å². The van der Waals surface area contributed by atoms with Crippen molar-refractivity contribution >= 4 is 5.95 Å². The van der Waals surface area contributed by atoms with Gasteiger partial charge in [-0.25, -0.2) is 19.3 Å².